The lowest BCUT2D eigenvalue weighted by Gasteiger charge is -2.62. The van der Waals surface area contributed by atoms with Gasteiger partial charge in [-0.15, -0.1) is 0 Å². The number of piperidine rings is 1. The highest BCUT2D eigenvalue weighted by molar-refractivity contribution is 5.98. The summed E-state index contributed by atoms with van der Waals surface area (Å²) in [7, 11) is 3.61. The van der Waals surface area contributed by atoms with E-state index in [0.717, 1.165) is 44.3 Å². The minimum absolute atomic E-state index is 0.0164. The van der Waals surface area contributed by atoms with Crippen LogP contribution in [0.5, 0.6) is 0 Å². The highest BCUT2D eigenvalue weighted by Crippen LogP contribution is 2.71. The number of likely N-dealkylation sites (tertiary alicyclic amines) is 1. The molecule has 2 spiro atoms. The average Bonchev–Trinajstić information content (AvgIpc) is 3.26. The Morgan fingerprint density at radius 2 is 2.10 bits per heavy atom. The molecule has 0 radical (unpaired) electrons. The molecule has 3 aliphatic carbocycles. The number of ether oxygens (including phenoxy) is 2. The lowest BCUT2D eigenvalue weighted by Crippen LogP contribution is -2.64. The SMILES string of the molecule is COC(=O)C1CC23CN(C)CC(CC(=O)C4=C2C1CC4)C31CCC(O)(C(C)C)OC1. The summed E-state index contributed by atoms with van der Waals surface area (Å²) in [5.74, 6) is -0.827. The van der Waals surface area contributed by atoms with Crippen LogP contribution in [-0.2, 0) is 19.1 Å². The van der Waals surface area contributed by atoms with Crippen LogP contribution < -0.4 is 0 Å². The Morgan fingerprint density at radius 3 is 2.73 bits per heavy atom. The van der Waals surface area contributed by atoms with Crippen molar-refractivity contribution < 1.29 is 24.2 Å². The predicted octanol–water partition coefficient (Wildman–Crippen LogP) is 2.55. The van der Waals surface area contributed by atoms with Crippen LogP contribution in [0.25, 0.3) is 0 Å². The second-order valence-corrected chi connectivity index (χ2v) is 10.9. The Labute approximate surface area is 179 Å². The van der Waals surface area contributed by atoms with Gasteiger partial charge in [0.05, 0.1) is 19.6 Å². The van der Waals surface area contributed by atoms with Crippen molar-refractivity contribution in [2.45, 2.75) is 58.2 Å². The van der Waals surface area contributed by atoms with Crippen LogP contribution in [0.15, 0.2) is 11.1 Å². The van der Waals surface area contributed by atoms with Gasteiger partial charge in [-0.1, -0.05) is 19.4 Å². The highest BCUT2D eigenvalue weighted by Gasteiger charge is 2.70. The van der Waals surface area contributed by atoms with Crippen LogP contribution in [0.4, 0.5) is 0 Å². The average molecular weight is 418 g/mol. The first-order valence-corrected chi connectivity index (χ1v) is 11.6. The van der Waals surface area contributed by atoms with Crippen molar-refractivity contribution in [3.63, 3.8) is 0 Å². The Morgan fingerprint density at radius 1 is 1.33 bits per heavy atom. The van der Waals surface area contributed by atoms with Crippen molar-refractivity contribution in [1.82, 2.24) is 4.90 Å². The zero-order valence-corrected chi connectivity index (χ0v) is 18.7. The van der Waals surface area contributed by atoms with Gasteiger partial charge in [0.25, 0.3) is 0 Å². The molecule has 30 heavy (non-hydrogen) atoms. The maximum Gasteiger partial charge on any atom is 0.309 e. The molecule has 2 saturated heterocycles. The first kappa shape index (κ1) is 20.7. The molecular formula is C24H35NO5. The molecule has 1 N–H and O–H groups in total. The van der Waals surface area contributed by atoms with Crippen molar-refractivity contribution in [2.24, 2.45) is 34.5 Å². The Hall–Kier alpha value is -1.24. The topological polar surface area (TPSA) is 76.1 Å². The molecule has 2 aliphatic heterocycles. The van der Waals surface area contributed by atoms with Crippen LogP contribution in [-0.4, -0.2) is 61.4 Å². The largest absolute Gasteiger partial charge is 0.469 e. The Kier molecular flexibility index (Phi) is 4.56. The van der Waals surface area contributed by atoms with E-state index in [4.69, 9.17) is 9.47 Å². The number of allylic oxidation sites excluding steroid dienone is 1. The summed E-state index contributed by atoms with van der Waals surface area (Å²) in [6.07, 6.45) is 4.38. The minimum Gasteiger partial charge on any atom is -0.469 e. The highest BCUT2D eigenvalue weighted by atomic mass is 16.6. The quantitative estimate of drug-likeness (QED) is 0.696. The Bertz CT molecular complexity index is 808. The van der Waals surface area contributed by atoms with E-state index in [0.29, 0.717) is 19.4 Å². The lowest BCUT2D eigenvalue weighted by atomic mass is 9.50. The van der Waals surface area contributed by atoms with Gasteiger partial charge in [-0.3, -0.25) is 9.59 Å². The molecule has 5 rings (SSSR count). The second-order valence-electron chi connectivity index (χ2n) is 10.9. The van der Waals surface area contributed by atoms with Gasteiger partial charge in [0.2, 0.25) is 0 Å². The van der Waals surface area contributed by atoms with Crippen LogP contribution >= 0.6 is 0 Å². The zero-order chi connectivity index (χ0) is 21.5. The molecule has 0 aromatic rings. The molecule has 6 nitrogen and oxygen atoms in total. The predicted molar refractivity (Wildman–Crippen MR) is 110 cm³/mol. The third-order valence-corrected chi connectivity index (χ3v) is 9.46. The summed E-state index contributed by atoms with van der Waals surface area (Å²) < 4.78 is 11.5. The summed E-state index contributed by atoms with van der Waals surface area (Å²) in [6.45, 7) is 6.18. The van der Waals surface area contributed by atoms with Gasteiger partial charge in [0, 0.05) is 42.7 Å². The third-order valence-electron chi connectivity index (χ3n) is 9.46. The Balaban J connectivity index is 1.66. The zero-order valence-electron chi connectivity index (χ0n) is 18.7. The molecule has 0 aromatic heterocycles. The summed E-state index contributed by atoms with van der Waals surface area (Å²) in [5.41, 5.74) is 1.81. The van der Waals surface area contributed by atoms with E-state index in [-0.39, 0.29) is 46.3 Å². The summed E-state index contributed by atoms with van der Waals surface area (Å²) in [6, 6.07) is 0. The fourth-order valence-electron chi connectivity index (χ4n) is 7.97. The molecule has 0 amide bonds. The number of nitrogens with zero attached hydrogens (tertiary/aromatic N) is 1. The van der Waals surface area contributed by atoms with Gasteiger partial charge in [0.15, 0.2) is 11.6 Å². The summed E-state index contributed by atoms with van der Waals surface area (Å²) in [5, 5.41) is 11.0. The first-order valence-electron chi connectivity index (χ1n) is 11.6. The molecule has 1 saturated carbocycles. The van der Waals surface area contributed by atoms with Gasteiger partial charge in [0.1, 0.15) is 0 Å². The van der Waals surface area contributed by atoms with E-state index in [1.165, 1.54) is 12.7 Å². The number of Topliss-reactive ketones (excluding diaryl/α,β-unsaturated/α-hetero) is 1. The molecule has 5 aliphatic rings. The van der Waals surface area contributed by atoms with Gasteiger partial charge in [-0.2, -0.15) is 0 Å². The molecule has 6 atom stereocenters. The number of carbonyl (C=O) groups excluding carboxylic acids is 2. The van der Waals surface area contributed by atoms with Crippen LogP contribution in [0.2, 0.25) is 0 Å². The summed E-state index contributed by atoms with van der Waals surface area (Å²) >= 11 is 0. The number of hydrogen-bond acceptors (Lipinski definition) is 6. The normalized spacial score (nSPS) is 45.8. The van der Waals surface area contributed by atoms with Crippen LogP contribution in [0.1, 0.15) is 52.4 Å². The van der Waals surface area contributed by atoms with E-state index in [1.807, 2.05) is 13.8 Å². The number of methoxy groups -OCH3 is 1. The lowest BCUT2D eigenvalue weighted by molar-refractivity contribution is -0.300. The minimum atomic E-state index is -1.11. The molecule has 6 heteroatoms. The smallest absolute Gasteiger partial charge is 0.309 e. The van der Waals surface area contributed by atoms with E-state index in [1.54, 1.807) is 0 Å². The van der Waals surface area contributed by atoms with E-state index < -0.39 is 5.79 Å². The number of rotatable bonds is 2. The maximum absolute atomic E-state index is 13.4. The molecule has 3 fully saturated rings. The number of carbonyl (C=O) groups is 2. The number of ketones is 1. The molecular weight excluding hydrogens is 382 g/mol. The van der Waals surface area contributed by atoms with E-state index in [9.17, 15) is 14.7 Å². The van der Waals surface area contributed by atoms with Crippen molar-refractivity contribution >= 4 is 11.8 Å². The number of esters is 1. The van der Waals surface area contributed by atoms with Crippen LogP contribution in [0.3, 0.4) is 0 Å². The number of aliphatic hydroxyl groups is 1. The second kappa shape index (κ2) is 6.63. The van der Waals surface area contributed by atoms with Crippen molar-refractivity contribution in [3.05, 3.63) is 11.1 Å². The maximum atomic E-state index is 13.4. The molecule has 2 heterocycles. The van der Waals surface area contributed by atoms with Crippen molar-refractivity contribution in [2.75, 3.05) is 33.9 Å². The van der Waals surface area contributed by atoms with Gasteiger partial charge in [-0.05, 0) is 50.1 Å². The monoisotopic (exact) mass is 417 g/mol. The fraction of sp³-hybridized carbons (Fsp3) is 0.833. The van der Waals surface area contributed by atoms with Gasteiger partial charge in [-0.25, -0.2) is 0 Å². The fourth-order valence-corrected chi connectivity index (χ4v) is 7.97. The molecule has 0 aromatic carbocycles. The molecule has 166 valence electrons. The van der Waals surface area contributed by atoms with Crippen molar-refractivity contribution in [1.29, 1.82) is 0 Å². The molecule has 6 unspecified atom stereocenters. The molecule has 2 bridgehead atoms. The summed E-state index contributed by atoms with van der Waals surface area (Å²) in [4.78, 5) is 28.5. The van der Waals surface area contributed by atoms with Crippen LogP contribution in [0, 0.1) is 34.5 Å². The van der Waals surface area contributed by atoms with E-state index >= 15 is 0 Å². The first-order chi connectivity index (χ1) is 14.2. The standard InChI is InChI=1S/C24H35NO5/c1-14(2)24(28)8-7-22(13-30-24)15-9-19(26)17-6-5-16-18(21(27)29-4)10-23(22,20(16)17)12-25(3)11-15/h14-16,18,28H,5-13H2,1-4H3. The van der Waals surface area contributed by atoms with Crippen molar-refractivity contribution in [3.8, 4) is 0 Å². The number of hydrogen-bond donors (Lipinski definition) is 1. The van der Waals surface area contributed by atoms with E-state index in [2.05, 4.69) is 11.9 Å². The van der Waals surface area contributed by atoms with Gasteiger partial charge < -0.3 is 19.5 Å². The third kappa shape index (κ3) is 2.47. The van der Waals surface area contributed by atoms with Gasteiger partial charge >= 0.3 is 5.97 Å².